The molecule has 1 aromatic rings. The molecule has 0 aromatic carbocycles. The van der Waals surface area contributed by atoms with E-state index in [9.17, 15) is 0 Å². The van der Waals surface area contributed by atoms with Gasteiger partial charge in [-0.25, -0.2) is 4.98 Å². The molecule has 1 heterocycles. The minimum atomic E-state index is 0.984. The van der Waals surface area contributed by atoms with Crippen molar-refractivity contribution < 1.29 is 0 Å². The maximum Gasteiger partial charge on any atom is 0.108 e. The van der Waals surface area contributed by atoms with Gasteiger partial charge in [0.25, 0.3) is 0 Å². The smallest absolute Gasteiger partial charge is 0.108 e. The Morgan fingerprint density at radius 1 is 1.46 bits per heavy atom. The molecule has 0 unspecified atom stereocenters. The summed E-state index contributed by atoms with van der Waals surface area (Å²) in [7, 11) is 0. The topological polar surface area (TPSA) is 17.8 Å². The minimum Gasteiger partial charge on any atom is -0.335 e. The molecular formula is C10H18N2S. The predicted octanol–water partition coefficient (Wildman–Crippen LogP) is 2.55. The Bertz CT molecular complexity index is 233. The number of aromatic nitrogens is 2. The molecule has 0 bridgehead atoms. The van der Waals surface area contributed by atoms with E-state index in [1.807, 2.05) is 6.20 Å². The highest BCUT2D eigenvalue weighted by Gasteiger charge is 1.99. The molecule has 13 heavy (non-hydrogen) atoms. The lowest BCUT2D eigenvalue weighted by atomic mass is 10.3. The van der Waals surface area contributed by atoms with Crippen molar-refractivity contribution in [3.05, 3.63) is 18.2 Å². The van der Waals surface area contributed by atoms with Gasteiger partial charge < -0.3 is 4.57 Å². The zero-order valence-corrected chi connectivity index (χ0v) is 9.13. The lowest BCUT2D eigenvalue weighted by molar-refractivity contribution is 0.600. The fourth-order valence-corrected chi connectivity index (χ4v) is 1.61. The highest BCUT2D eigenvalue weighted by Crippen LogP contribution is 2.04. The predicted molar refractivity (Wildman–Crippen MR) is 59.3 cm³/mol. The quantitative estimate of drug-likeness (QED) is 0.549. The second-order valence-electron chi connectivity index (χ2n) is 3.22. The third-order valence-electron chi connectivity index (χ3n) is 2.08. The minimum absolute atomic E-state index is 0.984. The summed E-state index contributed by atoms with van der Waals surface area (Å²) in [5, 5.41) is 0. The number of rotatable bonds is 6. The molecule has 0 saturated heterocycles. The van der Waals surface area contributed by atoms with Crippen LogP contribution < -0.4 is 0 Å². The highest BCUT2D eigenvalue weighted by atomic mass is 32.1. The second-order valence-corrected chi connectivity index (χ2v) is 3.66. The van der Waals surface area contributed by atoms with Crippen LogP contribution in [0.2, 0.25) is 0 Å². The number of aryl methyl sites for hydroxylation is 2. The first-order valence-corrected chi connectivity index (χ1v) is 5.62. The van der Waals surface area contributed by atoms with Crippen LogP contribution in [0.3, 0.4) is 0 Å². The van der Waals surface area contributed by atoms with Gasteiger partial charge >= 0.3 is 0 Å². The lowest BCUT2D eigenvalue weighted by Crippen LogP contribution is -2.03. The highest BCUT2D eigenvalue weighted by molar-refractivity contribution is 7.80. The molecule has 0 aliphatic carbocycles. The zero-order valence-electron chi connectivity index (χ0n) is 8.24. The van der Waals surface area contributed by atoms with Crippen molar-refractivity contribution in [1.29, 1.82) is 0 Å². The molecule has 74 valence electrons. The first-order chi connectivity index (χ1) is 6.38. The summed E-state index contributed by atoms with van der Waals surface area (Å²) in [4.78, 5) is 4.33. The fourth-order valence-electron chi connectivity index (χ4n) is 1.39. The molecule has 1 aromatic heterocycles. The molecule has 1 rings (SSSR count). The van der Waals surface area contributed by atoms with Gasteiger partial charge in [0.1, 0.15) is 5.82 Å². The van der Waals surface area contributed by atoms with Crippen LogP contribution >= 0.6 is 12.6 Å². The van der Waals surface area contributed by atoms with E-state index < -0.39 is 0 Å². The van der Waals surface area contributed by atoms with Gasteiger partial charge in [0.2, 0.25) is 0 Å². The molecule has 0 radical (unpaired) electrons. The molecule has 0 amide bonds. The van der Waals surface area contributed by atoms with Gasteiger partial charge in [0.15, 0.2) is 0 Å². The third-order valence-corrected chi connectivity index (χ3v) is 2.40. The van der Waals surface area contributed by atoms with Crippen LogP contribution in [0.25, 0.3) is 0 Å². The molecule has 0 saturated carbocycles. The third kappa shape index (κ3) is 3.43. The van der Waals surface area contributed by atoms with Crippen molar-refractivity contribution in [2.24, 2.45) is 0 Å². The van der Waals surface area contributed by atoms with E-state index >= 15 is 0 Å². The van der Waals surface area contributed by atoms with Crippen LogP contribution in [-0.2, 0) is 13.0 Å². The summed E-state index contributed by atoms with van der Waals surface area (Å²) in [6.07, 6.45) is 8.62. The monoisotopic (exact) mass is 198 g/mol. The summed E-state index contributed by atoms with van der Waals surface area (Å²) in [5.41, 5.74) is 0. The molecule has 0 N–H and O–H groups in total. The maximum absolute atomic E-state index is 4.33. The summed E-state index contributed by atoms with van der Waals surface area (Å²) in [5.74, 6) is 2.21. The first kappa shape index (κ1) is 10.6. The van der Waals surface area contributed by atoms with Crippen molar-refractivity contribution in [2.75, 3.05) is 5.75 Å². The summed E-state index contributed by atoms with van der Waals surface area (Å²) in [6.45, 7) is 3.28. The lowest BCUT2D eigenvalue weighted by Gasteiger charge is -2.05. The Morgan fingerprint density at radius 3 is 3.00 bits per heavy atom. The number of imidazole rings is 1. The number of nitrogens with zero attached hydrogens (tertiary/aromatic N) is 2. The van der Waals surface area contributed by atoms with Crippen molar-refractivity contribution in [1.82, 2.24) is 9.55 Å². The van der Waals surface area contributed by atoms with Gasteiger partial charge in [0.05, 0.1) is 0 Å². The summed E-state index contributed by atoms with van der Waals surface area (Å²) in [6, 6.07) is 0. The normalized spacial score (nSPS) is 10.6. The first-order valence-electron chi connectivity index (χ1n) is 4.99. The standard InChI is InChI=1S/C10H18N2S/c1-2-5-10-11-6-8-12(10)7-3-4-9-13/h6,8,13H,2-5,7,9H2,1H3. The maximum atomic E-state index is 4.33. The van der Waals surface area contributed by atoms with Gasteiger partial charge in [-0.05, 0) is 25.0 Å². The van der Waals surface area contributed by atoms with Crippen molar-refractivity contribution >= 4 is 12.6 Å². The van der Waals surface area contributed by atoms with Crippen molar-refractivity contribution in [3.8, 4) is 0 Å². The van der Waals surface area contributed by atoms with Crippen LogP contribution in [0, 0.1) is 0 Å². The van der Waals surface area contributed by atoms with Crippen LogP contribution in [0.5, 0.6) is 0 Å². The number of thiol groups is 1. The molecule has 2 nitrogen and oxygen atoms in total. The average molecular weight is 198 g/mol. The Morgan fingerprint density at radius 2 is 2.31 bits per heavy atom. The van der Waals surface area contributed by atoms with Gasteiger partial charge in [-0.15, -0.1) is 0 Å². The zero-order chi connectivity index (χ0) is 9.52. The molecule has 0 atom stereocenters. The van der Waals surface area contributed by atoms with Crippen LogP contribution in [0.15, 0.2) is 12.4 Å². The number of hydrogen-bond acceptors (Lipinski definition) is 2. The number of unbranched alkanes of at least 4 members (excludes halogenated alkanes) is 1. The Balaban J connectivity index is 2.40. The van der Waals surface area contributed by atoms with E-state index in [2.05, 4.69) is 35.3 Å². The van der Waals surface area contributed by atoms with E-state index in [1.54, 1.807) is 0 Å². The second kappa shape index (κ2) is 6.08. The Hall–Kier alpha value is -0.440. The molecule has 3 heteroatoms. The molecule has 0 aliphatic rings. The number of hydrogen-bond donors (Lipinski definition) is 1. The van der Waals surface area contributed by atoms with Gasteiger partial charge in [-0.1, -0.05) is 6.92 Å². The average Bonchev–Trinajstić information content (AvgIpc) is 2.54. The SMILES string of the molecule is CCCc1nccn1CCCCS. The van der Waals surface area contributed by atoms with E-state index in [0.29, 0.717) is 0 Å². The Kier molecular flexibility index (Phi) is 4.98. The van der Waals surface area contributed by atoms with E-state index in [0.717, 1.165) is 18.7 Å². The van der Waals surface area contributed by atoms with Gasteiger partial charge in [-0.2, -0.15) is 12.6 Å². The summed E-state index contributed by atoms with van der Waals surface area (Å²) < 4.78 is 2.26. The van der Waals surface area contributed by atoms with E-state index in [1.165, 1.54) is 25.1 Å². The van der Waals surface area contributed by atoms with Crippen LogP contribution in [0.4, 0.5) is 0 Å². The van der Waals surface area contributed by atoms with Crippen LogP contribution in [0.1, 0.15) is 32.0 Å². The largest absolute Gasteiger partial charge is 0.335 e. The molecule has 0 aliphatic heterocycles. The molecule has 0 spiro atoms. The summed E-state index contributed by atoms with van der Waals surface area (Å²) >= 11 is 4.19. The van der Waals surface area contributed by atoms with E-state index in [-0.39, 0.29) is 0 Å². The van der Waals surface area contributed by atoms with Crippen molar-refractivity contribution in [3.63, 3.8) is 0 Å². The van der Waals surface area contributed by atoms with E-state index in [4.69, 9.17) is 0 Å². The Labute approximate surface area is 85.8 Å². The molecule has 0 fully saturated rings. The van der Waals surface area contributed by atoms with Crippen LogP contribution in [-0.4, -0.2) is 15.3 Å². The van der Waals surface area contributed by atoms with Gasteiger partial charge in [-0.3, -0.25) is 0 Å². The fraction of sp³-hybridized carbons (Fsp3) is 0.700. The molecular weight excluding hydrogens is 180 g/mol. The van der Waals surface area contributed by atoms with Gasteiger partial charge in [0, 0.05) is 25.4 Å². The van der Waals surface area contributed by atoms with Crippen molar-refractivity contribution in [2.45, 2.75) is 39.2 Å².